The van der Waals surface area contributed by atoms with Crippen LogP contribution in [0.1, 0.15) is 12.5 Å². The second-order valence-corrected chi connectivity index (χ2v) is 11.7. The summed E-state index contributed by atoms with van der Waals surface area (Å²) < 4.78 is 10.5. The van der Waals surface area contributed by atoms with Gasteiger partial charge in [0, 0.05) is 34.3 Å². The number of para-hydroxylation sites is 2. The third-order valence-electron chi connectivity index (χ3n) is 6.02. The molecule has 34 heavy (non-hydrogen) atoms. The molecule has 1 atom stereocenters. The minimum Gasteiger partial charge on any atom is -0.466 e. The van der Waals surface area contributed by atoms with Crippen molar-refractivity contribution >= 4 is 41.1 Å². The quantitative estimate of drug-likeness (QED) is 0.262. The molecule has 0 aliphatic carbocycles. The molecule has 0 spiro atoms. The minimum atomic E-state index is -3.19. The molecule has 0 bridgehead atoms. The lowest BCUT2D eigenvalue weighted by Crippen LogP contribution is -2.32. The van der Waals surface area contributed by atoms with Crippen molar-refractivity contribution in [1.29, 1.82) is 0 Å². The zero-order valence-electron chi connectivity index (χ0n) is 19.2. The van der Waals surface area contributed by atoms with E-state index in [1.54, 1.807) is 6.92 Å². The largest absolute Gasteiger partial charge is 0.466 e. The summed E-state index contributed by atoms with van der Waals surface area (Å²) in [6.45, 7) is 7.69. The number of carbonyl (C=O) groups is 1. The van der Waals surface area contributed by atoms with Crippen LogP contribution in [0.4, 0.5) is 11.4 Å². The van der Waals surface area contributed by atoms with E-state index in [2.05, 4.69) is 22.5 Å². The molecule has 1 unspecified atom stereocenters. The van der Waals surface area contributed by atoms with Crippen LogP contribution in [0.25, 0.3) is 0 Å². The molecule has 1 N–H and O–H groups in total. The fourth-order valence-corrected chi connectivity index (χ4v) is 7.74. The molecule has 1 heterocycles. The molecular formula is C27H29BrN2O3P. The first-order chi connectivity index (χ1) is 16.4. The van der Waals surface area contributed by atoms with Gasteiger partial charge < -0.3 is 19.0 Å². The molecule has 0 saturated carbocycles. The number of carbonyl (C=O) groups excluding carboxylic acids is 1. The van der Waals surface area contributed by atoms with E-state index in [1.807, 2.05) is 94.3 Å². The van der Waals surface area contributed by atoms with Crippen LogP contribution in [0, 0.1) is 5.92 Å². The summed E-state index contributed by atoms with van der Waals surface area (Å²) in [6, 6.07) is 27.5. The number of benzene rings is 3. The maximum atomic E-state index is 13.2. The number of hydrogen-bond donors (Lipinski definition) is 1. The van der Waals surface area contributed by atoms with E-state index in [0.717, 1.165) is 21.4 Å². The van der Waals surface area contributed by atoms with Crippen molar-refractivity contribution in [2.24, 2.45) is 5.92 Å². The van der Waals surface area contributed by atoms with E-state index >= 15 is 0 Å². The Morgan fingerprint density at radius 1 is 0.971 bits per heavy atom. The third-order valence-corrected chi connectivity index (χ3v) is 9.84. The lowest BCUT2D eigenvalue weighted by atomic mass is 9.99. The average Bonchev–Trinajstić information content (AvgIpc) is 3.22. The van der Waals surface area contributed by atoms with Crippen molar-refractivity contribution in [2.45, 2.75) is 13.3 Å². The molecule has 7 heteroatoms. The van der Waals surface area contributed by atoms with Crippen molar-refractivity contribution in [3.05, 3.63) is 107 Å². The molecule has 1 radical (unpaired) electrons. The van der Waals surface area contributed by atoms with Crippen LogP contribution < -0.4 is 9.34 Å². The molecule has 5 nitrogen and oxygen atoms in total. The van der Waals surface area contributed by atoms with Gasteiger partial charge in [0.05, 0.1) is 12.5 Å². The van der Waals surface area contributed by atoms with Gasteiger partial charge in [-0.05, 0) is 55.3 Å². The normalized spacial score (nSPS) is 15.7. The summed E-state index contributed by atoms with van der Waals surface area (Å²) in [5.74, 6) is -1.05. The lowest BCUT2D eigenvalue weighted by molar-refractivity contribution is -0.146. The third kappa shape index (κ3) is 4.90. The summed E-state index contributed by atoms with van der Waals surface area (Å²) in [7, 11) is -3.19. The van der Waals surface area contributed by atoms with Gasteiger partial charge in [-0.25, -0.2) is 0 Å². The maximum Gasteiger partial charge on any atom is 0.313 e. The second kappa shape index (κ2) is 10.7. The van der Waals surface area contributed by atoms with Gasteiger partial charge in [0.1, 0.15) is 0 Å². The van der Waals surface area contributed by atoms with Gasteiger partial charge >= 0.3 is 5.97 Å². The van der Waals surface area contributed by atoms with Crippen LogP contribution in [0.15, 0.2) is 101 Å². The highest BCUT2D eigenvalue weighted by molar-refractivity contribution is 9.10. The van der Waals surface area contributed by atoms with Crippen molar-refractivity contribution in [3.8, 4) is 0 Å². The smallest absolute Gasteiger partial charge is 0.313 e. The van der Waals surface area contributed by atoms with Gasteiger partial charge in [0.15, 0.2) is 7.79 Å². The Morgan fingerprint density at radius 3 is 1.94 bits per heavy atom. The topological polar surface area (TPSA) is 53.0 Å². The summed E-state index contributed by atoms with van der Waals surface area (Å²) in [5, 5.41) is 0.499. The molecule has 3 aromatic carbocycles. The molecule has 1 aliphatic rings. The zero-order chi connectivity index (χ0) is 24.1. The highest BCUT2D eigenvalue weighted by atomic mass is 79.9. The number of rotatable bonds is 8. The fraction of sp³-hybridized carbons (Fsp3) is 0.222. The van der Waals surface area contributed by atoms with Gasteiger partial charge in [-0.1, -0.05) is 71.0 Å². The highest BCUT2D eigenvalue weighted by Crippen LogP contribution is 2.73. The first-order valence-electron chi connectivity index (χ1n) is 11.3. The Bertz CT molecular complexity index is 1080. The monoisotopic (exact) mass is 539 g/mol. The number of anilines is 2. The van der Waals surface area contributed by atoms with Crippen molar-refractivity contribution in [1.82, 2.24) is 0 Å². The number of esters is 1. The van der Waals surface area contributed by atoms with Crippen LogP contribution >= 0.6 is 23.7 Å². The first kappa shape index (κ1) is 24.5. The summed E-state index contributed by atoms with van der Waals surface area (Å²) in [5.41, 5.74) is 2.79. The molecule has 0 amide bonds. The Labute approximate surface area is 210 Å². The minimum absolute atomic E-state index is 0.268. The molecule has 4 rings (SSSR count). The Morgan fingerprint density at radius 2 is 1.47 bits per heavy atom. The number of nitrogens with zero attached hydrogens (tertiary/aromatic N) is 2. The Balaban J connectivity index is 1.78. The predicted octanol–water partition coefficient (Wildman–Crippen LogP) is 6.47. The van der Waals surface area contributed by atoms with E-state index in [4.69, 9.17) is 4.74 Å². The average molecular weight is 540 g/mol. The Hall–Kier alpha value is -2.66. The van der Waals surface area contributed by atoms with Gasteiger partial charge in [-0.3, -0.25) is 4.79 Å². The van der Waals surface area contributed by atoms with Crippen molar-refractivity contribution < 1.29 is 14.4 Å². The molecule has 1 aliphatic heterocycles. The number of ether oxygens (including phenoxy) is 1. The standard InChI is InChI=1S/C27H29BrN2O3P/c1-3-33-27(31)26(20-22-14-16-23(28)17-15-22)21(2)34(32)29(24-10-6-4-7-11-24)18-19-30(34)25-12-8-5-9-13-25/h4-17,26,32H,2-3,18-20H2,1H3. The molecule has 177 valence electrons. The SMILES string of the molecule is C=C(C(Cc1ccc(Br)cc1)C(=O)OCC)[P]1(O)N(c2ccccc2)CCN1c1ccccc1. The van der Waals surface area contributed by atoms with Crippen LogP contribution in [-0.2, 0) is 16.0 Å². The molecular weight excluding hydrogens is 511 g/mol. The first-order valence-corrected chi connectivity index (χ1v) is 13.8. The molecule has 1 saturated heterocycles. The van der Waals surface area contributed by atoms with Crippen LogP contribution in [0.3, 0.4) is 0 Å². The van der Waals surface area contributed by atoms with E-state index in [-0.39, 0.29) is 12.6 Å². The number of hydrogen-bond acceptors (Lipinski definition) is 5. The van der Waals surface area contributed by atoms with Gasteiger partial charge in [0.25, 0.3) is 0 Å². The number of halogens is 1. The van der Waals surface area contributed by atoms with E-state index < -0.39 is 13.7 Å². The zero-order valence-corrected chi connectivity index (χ0v) is 21.7. The van der Waals surface area contributed by atoms with E-state index in [0.29, 0.717) is 24.8 Å². The molecule has 3 aromatic rings. The predicted molar refractivity (Wildman–Crippen MR) is 144 cm³/mol. The highest BCUT2D eigenvalue weighted by Gasteiger charge is 2.50. The van der Waals surface area contributed by atoms with Gasteiger partial charge in [0.2, 0.25) is 0 Å². The van der Waals surface area contributed by atoms with Gasteiger partial charge in [-0.15, -0.1) is 0 Å². The van der Waals surface area contributed by atoms with Crippen molar-refractivity contribution in [3.63, 3.8) is 0 Å². The lowest BCUT2D eigenvalue weighted by Gasteiger charge is -2.45. The molecule has 1 fully saturated rings. The van der Waals surface area contributed by atoms with E-state index in [9.17, 15) is 9.69 Å². The fourth-order valence-electron chi connectivity index (χ4n) is 4.33. The maximum absolute atomic E-state index is 13.2. The van der Waals surface area contributed by atoms with Gasteiger partial charge in [-0.2, -0.15) is 0 Å². The summed E-state index contributed by atoms with van der Waals surface area (Å²) in [6.07, 6.45) is 0.401. The van der Waals surface area contributed by atoms with Crippen LogP contribution in [0.2, 0.25) is 0 Å². The molecule has 0 aromatic heterocycles. The van der Waals surface area contributed by atoms with Crippen LogP contribution in [0.5, 0.6) is 0 Å². The summed E-state index contributed by atoms with van der Waals surface area (Å²) >= 11 is 3.47. The summed E-state index contributed by atoms with van der Waals surface area (Å²) in [4.78, 5) is 25.8. The van der Waals surface area contributed by atoms with E-state index in [1.165, 1.54) is 0 Å². The second-order valence-electron chi connectivity index (χ2n) is 8.11. The van der Waals surface area contributed by atoms with Crippen LogP contribution in [-0.4, -0.2) is 30.6 Å². The Kier molecular flexibility index (Phi) is 7.72. The van der Waals surface area contributed by atoms with Crippen molar-refractivity contribution in [2.75, 3.05) is 29.0 Å².